The van der Waals surface area contributed by atoms with Crippen LogP contribution in [0.4, 0.5) is 4.39 Å². The maximum absolute atomic E-state index is 13.4. The lowest BCUT2D eigenvalue weighted by Gasteiger charge is -2.08. The number of carbonyl (C=O) groups is 1. The maximum atomic E-state index is 13.4. The van der Waals surface area contributed by atoms with E-state index < -0.39 is 11.9 Å². The first kappa shape index (κ1) is 16.2. The third-order valence-corrected chi connectivity index (χ3v) is 2.74. The van der Waals surface area contributed by atoms with Crippen molar-refractivity contribution in [3.63, 3.8) is 0 Å². The molecule has 0 saturated heterocycles. The number of aliphatic hydroxyl groups is 1. The van der Waals surface area contributed by atoms with Crippen molar-refractivity contribution in [3.8, 4) is 5.75 Å². The SMILES string of the molecule is CCCC(O)CNC(=O)/C=C/c1ccc(OC)c(F)c1. The molecule has 0 aliphatic heterocycles. The molecular formula is C15H20FNO3. The smallest absolute Gasteiger partial charge is 0.244 e. The van der Waals surface area contributed by atoms with Gasteiger partial charge in [-0.15, -0.1) is 0 Å². The van der Waals surface area contributed by atoms with Crippen LogP contribution in [0.2, 0.25) is 0 Å². The summed E-state index contributed by atoms with van der Waals surface area (Å²) in [5.74, 6) is -0.640. The number of amides is 1. The van der Waals surface area contributed by atoms with Gasteiger partial charge in [0.15, 0.2) is 11.6 Å². The van der Waals surface area contributed by atoms with Gasteiger partial charge < -0.3 is 15.2 Å². The number of carbonyl (C=O) groups excluding carboxylic acids is 1. The molecule has 0 aromatic heterocycles. The van der Waals surface area contributed by atoms with Crippen molar-refractivity contribution in [1.29, 1.82) is 0 Å². The standard InChI is InChI=1S/C15H20FNO3/c1-3-4-12(18)10-17-15(19)8-6-11-5-7-14(20-2)13(16)9-11/h5-9,12,18H,3-4,10H2,1-2H3,(H,17,19)/b8-6+. The highest BCUT2D eigenvalue weighted by Gasteiger charge is 2.04. The zero-order chi connectivity index (χ0) is 15.0. The van der Waals surface area contributed by atoms with Crippen LogP contribution in [0.1, 0.15) is 25.3 Å². The van der Waals surface area contributed by atoms with E-state index in [9.17, 15) is 14.3 Å². The average Bonchev–Trinajstić information content (AvgIpc) is 2.43. The lowest BCUT2D eigenvalue weighted by atomic mass is 10.2. The fourth-order valence-corrected chi connectivity index (χ4v) is 1.67. The van der Waals surface area contributed by atoms with E-state index >= 15 is 0 Å². The van der Waals surface area contributed by atoms with Crippen molar-refractivity contribution in [1.82, 2.24) is 5.32 Å². The zero-order valence-electron chi connectivity index (χ0n) is 11.7. The summed E-state index contributed by atoms with van der Waals surface area (Å²) >= 11 is 0. The van der Waals surface area contributed by atoms with Gasteiger partial charge in [-0.05, 0) is 30.2 Å². The van der Waals surface area contributed by atoms with Crippen molar-refractivity contribution in [2.75, 3.05) is 13.7 Å². The van der Waals surface area contributed by atoms with E-state index in [2.05, 4.69) is 5.32 Å². The van der Waals surface area contributed by atoms with E-state index in [4.69, 9.17) is 4.74 Å². The zero-order valence-corrected chi connectivity index (χ0v) is 11.7. The van der Waals surface area contributed by atoms with Crippen LogP contribution in [0.25, 0.3) is 6.08 Å². The number of ether oxygens (including phenoxy) is 1. The highest BCUT2D eigenvalue weighted by Crippen LogP contribution is 2.18. The molecule has 5 heteroatoms. The molecule has 1 atom stereocenters. The van der Waals surface area contributed by atoms with Gasteiger partial charge in [-0.3, -0.25) is 4.79 Å². The van der Waals surface area contributed by atoms with Gasteiger partial charge in [0.2, 0.25) is 5.91 Å². The lowest BCUT2D eigenvalue weighted by Crippen LogP contribution is -2.30. The van der Waals surface area contributed by atoms with E-state index in [1.807, 2.05) is 6.92 Å². The number of rotatable bonds is 7. The summed E-state index contributed by atoms with van der Waals surface area (Å²) in [6.45, 7) is 2.18. The van der Waals surface area contributed by atoms with Gasteiger partial charge in [-0.2, -0.15) is 0 Å². The van der Waals surface area contributed by atoms with Crippen molar-refractivity contribution >= 4 is 12.0 Å². The first-order valence-corrected chi connectivity index (χ1v) is 6.54. The Morgan fingerprint density at radius 2 is 2.30 bits per heavy atom. The van der Waals surface area contributed by atoms with Crippen LogP contribution in [0.15, 0.2) is 24.3 Å². The molecule has 1 amide bonds. The average molecular weight is 281 g/mol. The van der Waals surface area contributed by atoms with Gasteiger partial charge in [0, 0.05) is 12.6 Å². The summed E-state index contributed by atoms with van der Waals surface area (Å²) in [5.41, 5.74) is 0.563. The molecule has 0 fully saturated rings. The van der Waals surface area contributed by atoms with Crippen LogP contribution in [0.3, 0.4) is 0 Å². The van der Waals surface area contributed by atoms with Crippen molar-refractivity contribution in [3.05, 3.63) is 35.7 Å². The Morgan fingerprint density at radius 1 is 1.55 bits per heavy atom. The van der Waals surface area contributed by atoms with Crippen LogP contribution in [-0.4, -0.2) is 30.8 Å². The van der Waals surface area contributed by atoms with Gasteiger partial charge in [-0.25, -0.2) is 4.39 Å². The number of methoxy groups -OCH3 is 1. The van der Waals surface area contributed by atoms with Crippen molar-refractivity contribution < 1.29 is 19.0 Å². The quantitative estimate of drug-likeness (QED) is 0.753. The van der Waals surface area contributed by atoms with E-state index in [0.717, 1.165) is 6.42 Å². The van der Waals surface area contributed by atoms with E-state index in [0.29, 0.717) is 12.0 Å². The number of aliphatic hydroxyl groups excluding tert-OH is 1. The van der Waals surface area contributed by atoms with Gasteiger partial charge in [0.1, 0.15) is 0 Å². The number of benzene rings is 1. The molecule has 0 aliphatic carbocycles. The second kappa shape index (κ2) is 8.32. The third-order valence-electron chi connectivity index (χ3n) is 2.74. The molecule has 0 aliphatic rings. The van der Waals surface area contributed by atoms with Gasteiger partial charge in [0.25, 0.3) is 0 Å². The fourth-order valence-electron chi connectivity index (χ4n) is 1.67. The molecule has 1 unspecified atom stereocenters. The molecule has 1 aromatic carbocycles. The second-order valence-corrected chi connectivity index (χ2v) is 4.41. The lowest BCUT2D eigenvalue weighted by molar-refractivity contribution is -0.116. The Kier molecular flexibility index (Phi) is 6.73. The van der Waals surface area contributed by atoms with Gasteiger partial charge in [-0.1, -0.05) is 19.4 Å². The maximum Gasteiger partial charge on any atom is 0.244 e. The number of hydrogen-bond acceptors (Lipinski definition) is 3. The number of hydrogen-bond donors (Lipinski definition) is 2. The van der Waals surface area contributed by atoms with E-state index in [-0.39, 0.29) is 18.2 Å². The Morgan fingerprint density at radius 3 is 2.90 bits per heavy atom. The summed E-state index contributed by atoms with van der Waals surface area (Å²) in [4.78, 5) is 11.5. The molecular weight excluding hydrogens is 261 g/mol. The van der Waals surface area contributed by atoms with E-state index in [1.54, 1.807) is 6.07 Å². The van der Waals surface area contributed by atoms with Gasteiger partial charge >= 0.3 is 0 Å². The van der Waals surface area contributed by atoms with Crippen LogP contribution in [-0.2, 0) is 4.79 Å². The Hall–Kier alpha value is -1.88. The minimum Gasteiger partial charge on any atom is -0.494 e. The minimum absolute atomic E-state index is 0.161. The highest BCUT2D eigenvalue weighted by molar-refractivity contribution is 5.91. The summed E-state index contributed by atoms with van der Waals surface area (Å²) in [5, 5.41) is 12.1. The van der Waals surface area contributed by atoms with Crippen molar-refractivity contribution in [2.45, 2.75) is 25.9 Å². The summed E-state index contributed by atoms with van der Waals surface area (Å²) in [6, 6.07) is 4.43. The van der Waals surface area contributed by atoms with Crippen LogP contribution in [0.5, 0.6) is 5.75 Å². The highest BCUT2D eigenvalue weighted by atomic mass is 19.1. The molecule has 20 heavy (non-hydrogen) atoms. The van der Waals surface area contributed by atoms with Crippen LogP contribution >= 0.6 is 0 Å². The molecule has 0 bridgehead atoms. The van der Waals surface area contributed by atoms with E-state index in [1.165, 1.54) is 31.4 Å². The Labute approximate surface area is 118 Å². The molecule has 0 radical (unpaired) electrons. The molecule has 1 aromatic rings. The summed E-state index contributed by atoms with van der Waals surface area (Å²) < 4.78 is 18.2. The molecule has 110 valence electrons. The normalized spacial score (nSPS) is 12.4. The first-order chi connectivity index (χ1) is 9.56. The number of nitrogens with one attached hydrogen (secondary N) is 1. The minimum atomic E-state index is -0.532. The third kappa shape index (κ3) is 5.40. The van der Waals surface area contributed by atoms with Crippen LogP contribution in [0, 0.1) is 5.82 Å². The topological polar surface area (TPSA) is 58.6 Å². The Balaban J connectivity index is 2.51. The predicted molar refractivity (Wildman–Crippen MR) is 75.9 cm³/mol. The largest absolute Gasteiger partial charge is 0.494 e. The Bertz CT molecular complexity index is 474. The van der Waals surface area contributed by atoms with Crippen LogP contribution < -0.4 is 10.1 Å². The summed E-state index contributed by atoms with van der Waals surface area (Å²) in [7, 11) is 1.39. The fraction of sp³-hybridized carbons (Fsp3) is 0.400. The predicted octanol–water partition coefficient (Wildman–Crippen LogP) is 2.12. The molecule has 2 N–H and O–H groups in total. The molecule has 0 saturated carbocycles. The molecule has 4 nitrogen and oxygen atoms in total. The number of halogens is 1. The summed E-state index contributed by atoms with van der Waals surface area (Å²) in [6.07, 6.45) is 3.78. The monoisotopic (exact) mass is 281 g/mol. The second-order valence-electron chi connectivity index (χ2n) is 4.41. The molecule has 1 rings (SSSR count). The van der Waals surface area contributed by atoms with Crippen molar-refractivity contribution in [2.24, 2.45) is 0 Å². The molecule has 0 spiro atoms. The van der Waals surface area contributed by atoms with Gasteiger partial charge in [0.05, 0.1) is 13.2 Å². The molecule has 0 heterocycles. The first-order valence-electron chi connectivity index (χ1n) is 6.54.